The van der Waals surface area contributed by atoms with Crippen LogP contribution in [-0.2, 0) is 4.79 Å². The lowest BCUT2D eigenvalue weighted by Crippen LogP contribution is -2.38. The van der Waals surface area contributed by atoms with Crippen LogP contribution in [0.1, 0.15) is 35.8 Å². The van der Waals surface area contributed by atoms with Gasteiger partial charge in [0.2, 0.25) is 0 Å². The standard InChI is InChI=1S/C21H24ClN3O3/c1-3-25(4-2)18(15-7-5-6-8-16(15)22)12-23-21(27)14-9-10-19-17(11-14)24-20(26)13-28-19/h5-11,18H,3-4,12-13H2,1-2H3,(H,23,27)(H,24,26). The molecule has 7 heteroatoms. The third-order valence-electron chi connectivity index (χ3n) is 4.85. The van der Waals surface area contributed by atoms with Crippen molar-refractivity contribution in [3.8, 4) is 5.75 Å². The van der Waals surface area contributed by atoms with Gasteiger partial charge in [-0.15, -0.1) is 0 Å². The largest absolute Gasteiger partial charge is 0.482 e. The van der Waals surface area contributed by atoms with Gasteiger partial charge in [0.15, 0.2) is 6.61 Å². The second-order valence-corrected chi connectivity index (χ2v) is 6.92. The van der Waals surface area contributed by atoms with E-state index in [1.54, 1.807) is 18.2 Å². The molecule has 1 atom stereocenters. The molecule has 1 aliphatic heterocycles. The van der Waals surface area contributed by atoms with E-state index in [0.29, 0.717) is 28.6 Å². The lowest BCUT2D eigenvalue weighted by Gasteiger charge is -2.31. The molecular formula is C21H24ClN3O3. The maximum atomic E-state index is 12.7. The maximum absolute atomic E-state index is 12.7. The number of nitrogens with one attached hydrogen (secondary N) is 2. The Bertz CT molecular complexity index is 868. The van der Waals surface area contributed by atoms with Crippen molar-refractivity contribution < 1.29 is 14.3 Å². The highest BCUT2D eigenvalue weighted by molar-refractivity contribution is 6.31. The van der Waals surface area contributed by atoms with Crippen LogP contribution in [-0.4, -0.2) is 43.0 Å². The summed E-state index contributed by atoms with van der Waals surface area (Å²) < 4.78 is 5.34. The first-order valence-electron chi connectivity index (χ1n) is 9.36. The van der Waals surface area contributed by atoms with Gasteiger partial charge in [0, 0.05) is 17.1 Å². The molecule has 0 spiro atoms. The summed E-state index contributed by atoms with van der Waals surface area (Å²) >= 11 is 6.41. The number of likely N-dealkylation sites (N-methyl/N-ethyl adjacent to an activating group) is 1. The Morgan fingerprint density at radius 1 is 1.25 bits per heavy atom. The SMILES string of the molecule is CCN(CC)C(CNC(=O)c1ccc2c(c1)NC(=O)CO2)c1ccccc1Cl. The minimum atomic E-state index is -0.231. The molecule has 3 rings (SSSR count). The third-order valence-corrected chi connectivity index (χ3v) is 5.19. The van der Waals surface area contributed by atoms with Crippen LogP contribution in [0.4, 0.5) is 5.69 Å². The summed E-state index contributed by atoms with van der Waals surface area (Å²) in [7, 11) is 0. The van der Waals surface area contributed by atoms with Crippen LogP contribution in [0.25, 0.3) is 0 Å². The van der Waals surface area contributed by atoms with Crippen LogP contribution in [0.5, 0.6) is 5.75 Å². The number of rotatable bonds is 7. The lowest BCUT2D eigenvalue weighted by molar-refractivity contribution is -0.118. The van der Waals surface area contributed by atoms with Crippen molar-refractivity contribution in [2.75, 3.05) is 31.6 Å². The van der Waals surface area contributed by atoms with Crippen molar-refractivity contribution >= 4 is 29.1 Å². The Kier molecular flexibility index (Phi) is 6.54. The first-order chi connectivity index (χ1) is 13.5. The van der Waals surface area contributed by atoms with E-state index >= 15 is 0 Å². The van der Waals surface area contributed by atoms with Crippen molar-refractivity contribution in [1.29, 1.82) is 0 Å². The predicted octanol–water partition coefficient (Wildman–Crippen LogP) is 3.48. The molecule has 1 aliphatic rings. The summed E-state index contributed by atoms with van der Waals surface area (Å²) in [4.78, 5) is 26.5. The summed E-state index contributed by atoms with van der Waals surface area (Å²) in [6.45, 7) is 6.25. The Hall–Kier alpha value is -2.57. The number of nitrogens with zero attached hydrogens (tertiary/aromatic N) is 1. The number of fused-ring (bicyclic) bond motifs is 1. The van der Waals surface area contributed by atoms with E-state index in [2.05, 4.69) is 29.4 Å². The summed E-state index contributed by atoms with van der Waals surface area (Å²) in [5, 5.41) is 6.40. The molecule has 0 aliphatic carbocycles. The Morgan fingerprint density at radius 3 is 2.71 bits per heavy atom. The van der Waals surface area contributed by atoms with Gasteiger partial charge >= 0.3 is 0 Å². The van der Waals surface area contributed by atoms with Gasteiger partial charge < -0.3 is 15.4 Å². The molecule has 0 saturated heterocycles. The normalized spacial score (nSPS) is 14.1. The quantitative estimate of drug-likeness (QED) is 0.745. The van der Waals surface area contributed by atoms with Gasteiger partial charge in [0.1, 0.15) is 5.75 Å². The first-order valence-corrected chi connectivity index (χ1v) is 9.74. The van der Waals surface area contributed by atoms with Gasteiger partial charge in [-0.2, -0.15) is 0 Å². The van der Waals surface area contributed by atoms with Gasteiger partial charge in [0.25, 0.3) is 11.8 Å². The highest BCUT2D eigenvalue weighted by atomic mass is 35.5. The highest BCUT2D eigenvalue weighted by Crippen LogP contribution is 2.29. The Labute approximate surface area is 169 Å². The van der Waals surface area contributed by atoms with Crippen molar-refractivity contribution in [2.45, 2.75) is 19.9 Å². The van der Waals surface area contributed by atoms with E-state index in [1.165, 1.54) is 0 Å². The van der Waals surface area contributed by atoms with Crippen molar-refractivity contribution in [3.05, 3.63) is 58.6 Å². The summed E-state index contributed by atoms with van der Waals surface area (Å²) in [5.74, 6) is 0.116. The molecule has 0 aromatic heterocycles. The monoisotopic (exact) mass is 401 g/mol. The molecular weight excluding hydrogens is 378 g/mol. The van der Waals surface area contributed by atoms with Gasteiger partial charge in [-0.1, -0.05) is 43.6 Å². The van der Waals surface area contributed by atoms with Gasteiger partial charge in [-0.05, 0) is 42.9 Å². The zero-order valence-corrected chi connectivity index (χ0v) is 16.8. The smallest absolute Gasteiger partial charge is 0.262 e. The Balaban J connectivity index is 1.76. The predicted molar refractivity (Wildman–Crippen MR) is 110 cm³/mol. The number of carbonyl (C=O) groups is 2. The van der Waals surface area contributed by atoms with Crippen LogP contribution in [0.15, 0.2) is 42.5 Å². The number of halogens is 1. The molecule has 2 amide bonds. The van der Waals surface area contributed by atoms with Crippen LogP contribution in [0.3, 0.4) is 0 Å². The molecule has 0 bridgehead atoms. The van der Waals surface area contributed by atoms with E-state index < -0.39 is 0 Å². The minimum Gasteiger partial charge on any atom is -0.482 e. The van der Waals surface area contributed by atoms with Crippen LogP contribution >= 0.6 is 11.6 Å². The van der Waals surface area contributed by atoms with Crippen LogP contribution in [0.2, 0.25) is 5.02 Å². The average molecular weight is 402 g/mol. The maximum Gasteiger partial charge on any atom is 0.262 e. The van der Waals surface area contributed by atoms with Gasteiger partial charge in [-0.3, -0.25) is 14.5 Å². The number of hydrogen-bond donors (Lipinski definition) is 2. The van der Waals surface area contributed by atoms with Gasteiger partial charge in [-0.25, -0.2) is 0 Å². The molecule has 2 N–H and O–H groups in total. The number of amides is 2. The van der Waals surface area contributed by atoms with E-state index in [-0.39, 0.29) is 24.5 Å². The summed E-state index contributed by atoms with van der Waals surface area (Å²) in [6, 6.07) is 12.7. The fraction of sp³-hybridized carbons (Fsp3) is 0.333. The molecule has 6 nitrogen and oxygen atoms in total. The molecule has 0 radical (unpaired) electrons. The zero-order chi connectivity index (χ0) is 20.1. The van der Waals surface area contributed by atoms with Crippen molar-refractivity contribution in [1.82, 2.24) is 10.2 Å². The highest BCUT2D eigenvalue weighted by Gasteiger charge is 2.22. The molecule has 0 saturated carbocycles. The number of benzene rings is 2. The van der Waals surface area contributed by atoms with E-state index in [4.69, 9.17) is 16.3 Å². The fourth-order valence-corrected chi connectivity index (χ4v) is 3.62. The summed E-state index contributed by atoms with van der Waals surface area (Å²) in [5.41, 5.74) is 1.96. The lowest BCUT2D eigenvalue weighted by atomic mass is 10.0. The molecule has 2 aromatic rings. The first kappa shape index (κ1) is 20.2. The molecule has 148 valence electrons. The number of anilines is 1. The Morgan fingerprint density at radius 2 is 2.00 bits per heavy atom. The van der Waals surface area contributed by atoms with Crippen LogP contribution < -0.4 is 15.4 Å². The van der Waals surface area contributed by atoms with Gasteiger partial charge in [0.05, 0.1) is 11.7 Å². The average Bonchev–Trinajstić information content (AvgIpc) is 2.71. The second-order valence-electron chi connectivity index (χ2n) is 6.52. The number of hydrogen-bond acceptors (Lipinski definition) is 4. The molecule has 1 heterocycles. The van der Waals surface area contributed by atoms with E-state index in [1.807, 2.05) is 24.3 Å². The fourth-order valence-electron chi connectivity index (χ4n) is 3.36. The molecule has 2 aromatic carbocycles. The second kappa shape index (κ2) is 9.08. The number of carbonyl (C=O) groups excluding carboxylic acids is 2. The zero-order valence-electron chi connectivity index (χ0n) is 16.0. The number of ether oxygens (including phenoxy) is 1. The minimum absolute atomic E-state index is 0.0120. The molecule has 0 fully saturated rings. The van der Waals surface area contributed by atoms with Crippen LogP contribution in [0, 0.1) is 0 Å². The van der Waals surface area contributed by atoms with E-state index in [0.717, 1.165) is 18.7 Å². The van der Waals surface area contributed by atoms with Crippen molar-refractivity contribution in [2.24, 2.45) is 0 Å². The van der Waals surface area contributed by atoms with Crippen molar-refractivity contribution in [3.63, 3.8) is 0 Å². The molecule has 1 unspecified atom stereocenters. The third kappa shape index (κ3) is 4.46. The van der Waals surface area contributed by atoms with E-state index in [9.17, 15) is 9.59 Å². The topological polar surface area (TPSA) is 70.7 Å². The molecule has 28 heavy (non-hydrogen) atoms. The summed E-state index contributed by atoms with van der Waals surface area (Å²) in [6.07, 6.45) is 0.